The van der Waals surface area contributed by atoms with Crippen LogP contribution in [0.15, 0.2) is 43.0 Å². The van der Waals surface area contributed by atoms with Crippen molar-refractivity contribution in [2.45, 2.75) is 25.3 Å². The van der Waals surface area contributed by atoms with E-state index in [0.29, 0.717) is 5.92 Å². The van der Waals surface area contributed by atoms with E-state index in [1.807, 2.05) is 36.7 Å². The number of benzene rings is 1. The van der Waals surface area contributed by atoms with Crippen molar-refractivity contribution in [2.75, 3.05) is 20.2 Å². The van der Waals surface area contributed by atoms with Crippen LogP contribution in [0.3, 0.4) is 0 Å². The third kappa shape index (κ3) is 3.72. The molecule has 1 fully saturated rings. The van der Waals surface area contributed by atoms with E-state index in [9.17, 15) is 0 Å². The molecule has 7 heteroatoms. The molecule has 3 aromatic rings. The van der Waals surface area contributed by atoms with Gasteiger partial charge in [0.1, 0.15) is 17.9 Å². The normalized spacial score (nSPS) is 18.0. The average molecular weight is 350 g/mol. The molecule has 0 spiro atoms. The maximum atomic E-state index is 5.19. The van der Waals surface area contributed by atoms with Gasteiger partial charge in [0.05, 0.1) is 7.11 Å². The zero-order chi connectivity index (χ0) is 17.8. The summed E-state index contributed by atoms with van der Waals surface area (Å²) >= 11 is 0. The Morgan fingerprint density at radius 2 is 1.96 bits per heavy atom. The first-order valence-electron chi connectivity index (χ1n) is 8.85. The van der Waals surface area contributed by atoms with Crippen LogP contribution in [-0.4, -0.2) is 50.2 Å². The quantitative estimate of drug-likeness (QED) is 0.762. The Labute approximate surface area is 152 Å². The number of nitrogens with one attached hydrogen (secondary N) is 1. The molecule has 134 valence electrons. The van der Waals surface area contributed by atoms with Crippen molar-refractivity contribution in [1.29, 1.82) is 0 Å². The van der Waals surface area contributed by atoms with Crippen molar-refractivity contribution >= 4 is 0 Å². The van der Waals surface area contributed by atoms with Gasteiger partial charge in [0, 0.05) is 42.5 Å². The van der Waals surface area contributed by atoms with Crippen molar-refractivity contribution in [1.82, 2.24) is 30.0 Å². The van der Waals surface area contributed by atoms with Crippen LogP contribution in [0, 0.1) is 0 Å². The van der Waals surface area contributed by atoms with Gasteiger partial charge < -0.3 is 4.74 Å². The Bertz CT molecular complexity index is 816. The third-order valence-electron chi connectivity index (χ3n) is 4.79. The number of likely N-dealkylation sites (tertiary alicyclic amines) is 1. The molecular formula is C19H22N6O. The van der Waals surface area contributed by atoms with Crippen LogP contribution >= 0.6 is 0 Å². The first-order valence-corrected chi connectivity index (χ1v) is 8.85. The maximum Gasteiger partial charge on any atom is 0.159 e. The zero-order valence-electron chi connectivity index (χ0n) is 14.8. The molecule has 0 saturated carbocycles. The first-order chi connectivity index (χ1) is 12.8. The molecule has 3 heterocycles. The number of aromatic amines is 1. The summed E-state index contributed by atoms with van der Waals surface area (Å²) in [5.74, 6) is 2.97. The van der Waals surface area contributed by atoms with Crippen LogP contribution in [0.2, 0.25) is 0 Å². The van der Waals surface area contributed by atoms with Gasteiger partial charge in [0.15, 0.2) is 5.82 Å². The van der Waals surface area contributed by atoms with E-state index in [2.05, 4.69) is 30.0 Å². The molecule has 1 aliphatic rings. The summed E-state index contributed by atoms with van der Waals surface area (Å²) in [5.41, 5.74) is 2.11. The number of aromatic nitrogens is 5. The predicted octanol–water partition coefficient (Wildman–Crippen LogP) is 2.65. The number of hydrogen-bond donors (Lipinski definition) is 1. The summed E-state index contributed by atoms with van der Waals surface area (Å²) in [6, 6.07) is 7.79. The molecule has 0 aliphatic carbocycles. The van der Waals surface area contributed by atoms with Gasteiger partial charge in [-0.15, -0.1) is 0 Å². The van der Waals surface area contributed by atoms with Crippen molar-refractivity contribution in [2.24, 2.45) is 0 Å². The largest absolute Gasteiger partial charge is 0.497 e. The fraction of sp³-hybridized carbons (Fsp3) is 0.368. The summed E-state index contributed by atoms with van der Waals surface area (Å²) in [7, 11) is 1.66. The lowest BCUT2D eigenvalue weighted by Gasteiger charge is -2.31. The van der Waals surface area contributed by atoms with Crippen LogP contribution in [0.4, 0.5) is 0 Å². The monoisotopic (exact) mass is 350 g/mol. The third-order valence-corrected chi connectivity index (χ3v) is 4.79. The first kappa shape index (κ1) is 16.7. The Balaban J connectivity index is 1.40. The molecule has 1 N–H and O–H groups in total. The standard InChI is InChI=1S/C19H22N6O/c1-26-17-6-4-15(5-7-17)18-20-9-14(10-21-18)11-25-8-2-3-16(12-25)19-22-13-23-24-19/h4-7,9-10,13,16H,2-3,8,11-12H2,1H3,(H,22,23,24)/t16-/m1/s1. The molecule has 7 nitrogen and oxygen atoms in total. The van der Waals surface area contributed by atoms with Crippen LogP contribution in [0.5, 0.6) is 5.75 Å². The fourth-order valence-electron chi connectivity index (χ4n) is 3.42. The molecule has 1 atom stereocenters. The van der Waals surface area contributed by atoms with Gasteiger partial charge in [-0.2, -0.15) is 5.10 Å². The lowest BCUT2D eigenvalue weighted by molar-refractivity contribution is 0.196. The van der Waals surface area contributed by atoms with Crippen LogP contribution in [0.1, 0.15) is 30.1 Å². The van der Waals surface area contributed by atoms with E-state index in [4.69, 9.17) is 4.74 Å². The number of nitrogens with zero attached hydrogens (tertiary/aromatic N) is 5. The van der Waals surface area contributed by atoms with E-state index in [1.54, 1.807) is 13.4 Å². The summed E-state index contributed by atoms with van der Waals surface area (Å²) in [5, 5.41) is 6.98. The molecule has 26 heavy (non-hydrogen) atoms. The van der Waals surface area contributed by atoms with Gasteiger partial charge >= 0.3 is 0 Å². The minimum Gasteiger partial charge on any atom is -0.497 e. The topological polar surface area (TPSA) is 79.8 Å². The van der Waals surface area contributed by atoms with Gasteiger partial charge in [0.2, 0.25) is 0 Å². The number of piperidine rings is 1. The Hall–Kier alpha value is -2.80. The molecule has 0 unspecified atom stereocenters. The van der Waals surface area contributed by atoms with Gasteiger partial charge in [0.25, 0.3) is 0 Å². The van der Waals surface area contributed by atoms with E-state index in [1.165, 1.54) is 0 Å². The highest BCUT2D eigenvalue weighted by Gasteiger charge is 2.23. The molecule has 0 bridgehead atoms. The molecular weight excluding hydrogens is 328 g/mol. The van der Waals surface area contributed by atoms with E-state index >= 15 is 0 Å². The van der Waals surface area contributed by atoms with Gasteiger partial charge in [-0.1, -0.05) is 0 Å². The van der Waals surface area contributed by atoms with Gasteiger partial charge in [-0.3, -0.25) is 10.00 Å². The molecule has 1 saturated heterocycles. The summed E-state index contributed by atoms with van der Waals surface area (Å²) in [6.45, 7) is 2.92. The predicted molar refractivity (Wildman–Crippen MR) is 97.7 cm³/mol. The van der Waals surface area contributed by atoms with Crippen molar-refractivity contribution in [3.63, 3.8) is 0 Å². The summed E-state index contributed by atoms with van der Waals surface area (Å²) in [4.78, 5) is 15.8. The van der Waals surface area contributed by atoms with Gasteiger partial charge in [-0.05, 0) is 43.7 Å². The number of methoxy groups -OCH3 is 1. The fourth-order valence-corrected chi connectivity index (χ4v) is 3.42. The van der Waals surface area contributed by atoms with E-state index < -0.39 is 0 Å². The highest BCUT2D eigenvalue weighted by atomic mass is 16.5. The number of hydrogen-bond acceptors (Lipinski definition) is 6. The maximum absolute atomic E-state index is 5.19. The lowest BCUT2D eigenvalue weighted by atomic mass is 9.97. The zero-order valence-corrected chi connectivity index (χ0v) is 14.8. The SMILES string of the molecule is COc1ccc(-c2ncc(CN3CCC[C@@H](c4ncn[nH]4)C3)cn2)cc1. The van der Waals surface area contributed by atoms with Crippen LogP contribution in [0.25, 0.3) is 11.4 Å². The highest BCUT2D eigenvalue weighted by molar-refractivity contribution is 5.55. The molecule has 4 rings (SSSR count). The number of H-pyrrole nitrogens is 1. The Morgan fingerprint density at radius 3 is 2.65 bits per heavy atom. The van der Waals surface area contributed by atoms with Crippen molar-refractivity contribution in [3.05, 3.63) is 54.4 Å². The highest BCUT2D eigenvalue weighted by Crippen LogP contribution is 2.25. The van der Waals surface area contributed by atoms with Crippen molar-refractivity contribution in [3.8, 4) is 17.1 Å². The number of rotatable bonds is 5. The van der Waals surface area contributed by atoms with Crippen LogP contribution < -0.4 is 4.74 Å². The summed E-state index contributed by atoms with van der Waals surface area (Å²) < 4.78 is 5.19. The van der Waals surface area contributed by atoms with Crippen LogP contribution in [-0.2, 0) is 6.54 Å². The molecule has 2 aromatic heterocycles. The van der Waals surface area contributed by atoms with E-state index in [0.717, 1.165) is 61.0 Å². The smallest absolute Gasteiger partial charge is 0.159 e. The second-order valence-corrected chi connectivity index (χ2v) is 6.59. The Kier molecular flexibility index (Phi) is 4.88. The van der Waals surface area contributed by atoms with E-state index in [-0.39, 0.29) is 0 Å². The molecule has 1 aliphatic heterocycles. The minimum atomic E-state index is 0.422. The summed E-state index contributed by atoms with van der Waals surface area (Å²) in [6.07, 6.45) is 7.74. The molecule has 0 radical (unpaired) electrons. The van der Waals surface area contributed by atoms with Crippen molar-refractivity contribution < 1.29 is 4.74 Å². The minimum absolute atomic E-state index is 0.422. The molecule has 0 amide bonds. The molecule has 1 aromatic carbocycles. The Morgan fingerprint density at radius 1 is 1.15 bits per heavy atom. The lowest BCUT2D eigenvalue weighted by Crippen LogP contribution is -2.34. The second-order valence-electron chi connectivity index (χ2n) is 6.59. The second kappa shape index (κ2) is 7.61. The number of ether oxygens (including phenoxy) is 1. The average Bonchev–Trinajstić information content (AvgIpc) is 3.24. The van der Waals surface area contributed by atoms with Gasteiger partial charge in [-0.25, -0.2) is 15.0 Å².